The van der Waals surface area contributed by atoms with Crippen LogP contribution in [0.5, 0.6) is 0 Å². The van der Waals surface area contributed by atoms with Crippen molar-refractivity contribution >= 4 is 5.82 Å². The molecule has 1 saturated carbocycles. The van der Waals surface area contributed by atoms with Crippen molar-refractivity contribution in [1.29, 1.82) is 0 Å². The number of rotatable bonds is 3. The quantitative estimate of drug-likeness (QED) is 0.819. The molecule has 1 heterocycles. The van der Waals surface area contributed by atoms with E-state index in [0.29, 0.717) is 23.8 Å². The fourth-order valence-electron chi connectivity index (χ4n) is 1.83. The van der Waals surface area contributed by atoms with E-state index in [1.54, 1.807) is 13.2 Å². The maximum absolute atomic E-state index is 5.74. The second-order valence-electron chi connectivity index (χ2n) is 4.82. The van der Waals surface area contributed by atoms with Crippen LogP contribution in [0.2, 0.25) is 0 Å². The molecule has 0 aliphatic heterocycles. The molecule has 1 unspecified atom stereocenters. The highest BCUT2D eigenvalue weighted by Crippen LogP contribution is 2.57. The summed E-state index contributed by atoms with van der Waals surface area (Å²) >= 11 is 0. The van der Waals surface area contributed by atoms with Crippen molar-refractivity contribution in [2.24, 2.45) is 5.41 Å². The van der Waals surface area contributed by atoms with Gasteiger partial charge in [0, 0.05) is 19.1 Å². The van der Waals surface area contributed by atoms with Gasteiger partial charge in [-0.2, -0.15) is 0 Å². The van der Waals surface area contributed by atoms with Gasteiger partial charge >= 0.3 is 0 Å². The van der Waals surface area contributed by atoms with E-state index in [0.717, 1.165) is 17.9 Å². The lowest BCUT2D eigenvalue weighted by Gasteiger charge is -2.06. The molecule has 4 nitrogen and oxygen atoms in total. The first-order valence-corrected chi connectivity index (χ1v) is 5.15. The van der Waals surface area contributed by atoms with E-state index < -0.39 is 0 Å². The number of methoxy groups -OCH3 is 1. The number of hydrogen-bond donors (Lipinski definition) is 1. The van der Waals surface area contributed by atoms with Crippen molar-refractivity contribution < 1.29 is 4.74 Å². The molecule has 0 aromatic carbocycles. The lowest BCUT2D eigenvalue weighted by Crippen LogP contribution is -2.05. The Hall–Kier alpha value is -1.16. The Morgan fingerprint density at radius 1 is 1.53 bits per heavy atom. The zero-order chi connectivity index (χ0) is 11.1. The molecule has 0 radical (unpaired) electrons. The van der Waals surface area contributed by atoms with Crippen LogP contribution < -0.4 is 5.73 Å². The molecule has 82 valence electrons. The van der Waals surface area contributed by atoms with Gasteiger partial charge in [-0.3, -0.25) is 0 Å². The van der Waals surface area contributed by atoms with Gasteiger partial charge in [-0.05, 0) is 11.8 Å². The highest BCUT2D eigenvalue weighted by Gasteiger charge is 2.48. The predicted molar refractivity (Wildman–Crippen MR) is 58.3 cm³/mol. The van der Waals surface area contributed by atoms with Crippen LogP contribution in [0.25, 0.3) is 0 Å². The molecule has 1 fully saturated rings. The van der Waals surface area contributed by atoms with Crippen LogP contribution in [0.4, 0.5) is 5.82 Å². The van der Waals surface area contributed by atoms with Crippen LogP contribution in [0.15, 0.2) is 6.07 Å². The van der Waals surface area contributed by atoms with Gasteiger partial charge in [-0.1, -0.05) is 13.8 Å². The summed E-state index contributed by atoms with van der Waals surface area (Å²) in [5.74, 6) is 1.86. The van der Waals surface area contributed by atoms with Gasteiger partial charge in [0.25, 0.3) is 0 Å². The highest BCUT2D eigenvalue weighted by molar-refractivity contribution is 5.32. The van der Waals surface area contributed by atoms with Crippen molar-refractivity contribution in [1.82, 2.24) is 9.97 Å². The first kappa shape index (κ1) is 10.4. The van der Waals surface area contributed by atoms with Crippen LogP contribution >= 0.6 is 0 Å². The van der Waals surface area contributed by atoms with Crippen LogP contribution in [-0.2, 0) is 11.3 Å². The topological polar surface area (TPSA) is 61.0 Å². The summed E-state index contributed by atoms with van der Waals surface area (Å²) in [6.45, 7) is 4.94. The Kier molecular flexibility index (Phi) is 2.38. The minimum Gasteiger partial charge on any atom is -0.384 e. The lowest BCUT2D eigenvalue weighted by atomic mass is 10.1. The smallest absolute Gasteiger partial charge is 0.134 e. The molecule has 15 heavy (non-hydrogen) atoms. The van der Waals surface area contributed by atoms with E-state index in [-0.39, 0.29) is 0 Å². The third-order valence-electron chi connectivity index (χ3n) is 2.93. The van der Waals surface area contributed by atoms with Crippen molar-refractivity contribution in [3.8, 4) is 0 Å². The zero-order valence-corrected chi connectivity index (χ0v) is 9.45. The average molecular weight is 207 g/mol. The highest BCUT2D eigenvalue weighted by atomic mass is 16.5. The Bertz CT molecular complexity index is 376. The van der Waals surface area contributed by atoms with E-state index in [1.165, 1.54) is 0 Å². The maximum Gasteiger partial charge on any atom is 0.134 e. The second kappa shape index (κ2) is 3.45. The number of ether oxygens (including phenoxy) is 1. The first-order chi connectivity index (χ1) is 7.03. The summed E-state index contributed by atoms with van der Waals surface area (Å²) in [4.78, 5) is 8.75. The molecule has 2 N–H and O–H groups in total. The molecule has 1 atom stereocenters. The lowest BCUT2D eigenvalue weighted by molar-refractivity contribution is 0.181. The average Bonchev–Trinajstić information content (AvgIpc) is 2.75. The van der Waals surface area contributed by atoms with E-state index in [1.807, 2.05) is 0 Å². The minimum atomic E-state index is 0.331. The monoisotopic (exact) mass is 207 g/mol. The number of nitrogen functional groups attached to an aromatic ring is 1. The Balaban J connectivity index is 2.25. The molecular formula is C11H17N3O. The molecular weight excluding hydrogens is 190 g/mol. The van der Waals surface area contributed by atoms with Crippen molar-refractivity contribution in [3.63, 3.8) is 0 Å². The Labute approximate surface area is 89.9 Å². The summed E-state index contributed by atoms with van der Waals surface area (Å²) in [7, 11) is 1.65. The van der Waals surface area contributed by atoms with Gasteiger partial charge in [0.2, 0.25) is 0 Å². The number of anilines is 1. The van der Waals surface area contributed by atoms with Crippen LogP contribution in [-0.4, -0.2) is 17.1 Å². The SMILES string of the molecule is COCc1cc(N)nc(C2CC2(C)C)n1. The van der Waals surface area contributed by atoms with Crippen molar-refractivity contribution in [2.45, 2.75) is 32.8 Å². The summed E-state index contributed by atoms with van der Waals surface area (Å²) < 4.78 is 5.04. The van der Waals surface area contributed by atoms with Crippen LogP contribution in [0.3, 0.4) is 0 Å². The van der Waals surface area contributed by atoms with Crippen molar-refractivity contribution in [3.05, 3.63) is 17.6 Å². The summed E-state index contributed by atoms with van der Waals surface area (Å²) in [5, 5.41) is 0. The predicted octanol–water partition coefficient (Wildman–Crippen LogP) is 1.72. The van der Waals surface area contributed by atoms with Gasteiger partial charge in [-0.15, -0.1) is 0 Å². The largest absolute Gasteiger partial charge is 0.384 e. The first-order valence-electron chi connectivity index (χ1n) is 5.15. The number of aromatic nitrogens is 2. The molecule has 1 aromatic rings. The number of nitrogens with two attached hydrogens (primary N) is 1. The fraction of sp³-hybridized carbons (Fsp3) is 0.636. The van der Waals surface area contributed by atoms with Gasteiger partial charge in [0.15, 0.2) is 0 Å². The molecule has 0 amide bonds. The van der Waals surface area contributed by atoms with Gasteiger partial charge < -0.3 is 10.5 Å². The molecule has 1 aliphatic rings. The molecule has 1 aromatic heterocycles. The number of hydrogen-bond acceptors (Lipinski definition) is 4. The van der Waals surface area contributed by atoms with E-state index in [2.05, 4.69) is 23.8 Å². The summed E-state index contributed by atoms with van der Waals surface area (Å²) in [6, 6.07) is 1.77. The third kappa shape index (κ3) is 2.09. The fourth-order valence-corrected chi connectivity index (χ4v) is 1.83. The standard InChI is InChI=1S/C11H17N3O/c1-11(2)5-8(11)10-13-7(6-15-3)4-9(12)14-10/h4,8H,5-6H2,1-3H3,(H2,12,13,14). The van der Waals surface area contributed by atoms with E-state index >= 15 is 0 Å². The Morgan fingerprint density at radius 3 is 2.73 bits per heavy atom. The second-order valence-corrected chi connectivity index (χ2v) is 4.82. The van der Waals surface area contributed by atoms with Crippen molar-refractivity contribution in [2.75, 3.05) is 12.8 Å². The molecule has 1 aliphatic carbocycles. The number of nitrogens with zero attached hydrogens (tertiary/aromatic N) is 2. The Morgan fingerprint density at radius 2 is 2.20 bits per heavy atom. The summed E-state index contributed by atoms with van der Waals surface area (Å²) in [5.41, 5.74) is 6.93. The van der Waals surface area contributed by atoms with E-state index in [9.17, 15) is 0 Å². The minimum absolute atomic E-state index is 0.331. The molecule has 0 spiro atoms. The van der Waals surface area contributed by atoms with Gasteiger partial charge in [0.1, 0.15) is 11.6 Å². The maximum atomic E-state index is 5.74. The molecule has 0 bridgehead atoms. The van der Waals surface area contributed by atoms with Crippen LogP contribution in [0.1, 0.15) is 37.7 Å². The van der Waals surface area contributed by atoms with Gasteiger partial charge in [-0.25, -0.2) is 9.97 Å². The zero-order valence-electron chi connectivity index (χ0n) is 9.45. The van der Waals surface area contributed by atoms with Crippen LogP contribution in [0, 0.1) is 5.41 Å². The molecule has 2 rings (SSSR count). The third-order valence-corrected chi connectivity index (χ3v) is 2.93. The van der Waals surface area contributed by atoms with E-state index in [4.69, 9.17) is 10.5 Å². The van der Waals surface area contributed by atoms with Gasteiger partial charge in [0.05, 0.1) is 12.3 Å². The summed E-state index contributed by atoms with van der Waals surface area (Å²) in [6.07, 6.45) is 1.14. The molecule has 4 heteroatoms. The normalized spacial score (nSPS) is 22.7. The molecule has 0 saturated heterocycles.